The van der Waals surface area contributed by atoms with Gasteiger partial charge in [-0.25, -0.2) is 0 Å². The Labute approximate surface area is 38.0 Å². The van der Waals surface area contributed by atoms with Gasteiger partial charge in [-0.05, 0) is 6.66 Å². The fraction of sp³-hybridized carbons (Fsp3) is 0.667. The summed E-state index contributed by atoms with van der Waals surface area (Å²) in [5.41, 5.74) is 0. The first-order valence-corrected chi connectivity index (χ1v) is 3.79. The third-order valence-corrected chi connectivity index (χ3v) is 1.16. The van der Waals surface area contributed by atoms with E-state index in [1.807, 2.05) is 0 Å². The fourth-order valence-electron chi connectivity index (χ4n) is 0. The average molecular weight is 107 g/mol. The van der Waals surface area contributed by atoms with Gasteiger partial charge in [0, 0.05) is 7.11 Å². The van der Waals surface area contributed by atoms with E-state index in [4.69, 9.17) is 0 Å². The Hall–Kier alpha value is 0.190. The summed E-state index contributed by atoms with van der Waals surface area (Å²) in [5, 5.41) is 0. The lowest BCUT2D eigenvalue weighted by molar-refractivity contribution is 0.407. The SMILES string of the molecule is [CH2-]P(C)(=O)OC. The molecule has 0 aliphatic heterocycles. The van der Waals surface area contributed by atoms with Crippen molar-refractivity contribution in [2.45, 2.75) is 0 Å². The van der Waals surface area contributed by atoms with E-state index in [1.165, 1.54) is 13.8 Å². The highest BCUT2D eigenvalue weighted by molar-refractivity contribution is 7.59. The molecule has 0 aromatic heterocycles. The summed E-state index contributed by atoms with van der Waals surface area (Å²) in [6.45, 7) is 4.69. The van der Waals surface area contributed by atoms with Gasteiger partial charge in [0.1, 0.15) is 0 Å². The second-order valence-corrected chi connectivity index (χ2v) is 3.59. The summed E-state index contributed by atoms with van der Waals surface area (Å²) in [7, 11) is -1.01. The van der Waals surface area contributed by atoms with Gasteiger partial charge < -0.3 is 9.09 Å². The Morgan fingerprint density at radius 3 is 2.00 bits per heavy atom. The molecular weight excluding hydrogens is 99.0 g/mol. The van der Waals surface area contributed by atoms with Crippen LogP contribution in [0, 0.1) is 6.66 Å². The molecule has 0 heterocycles. The maximum atomic E-state index is 10.2. The van der Waals surface area contributed by atoms with E-state index in [9.17, 15) is 4.57 Å². The van der Waals surface area contributed by atoms with Gasteiger partial charge in [-0.2, -0.15) is 0 Å². The van der Waals surface area contributed by atoms with Gasteiger partial charge in [0.15, 0.2) is 0 Å². The van der Waals surface area contributed by atoms with Gasteiger partial charge in [0.2, 0.25) is 0 Å². The van der Waals surface area contributed by atoms with Crippen molar-refractivity contribution in [1.82, 2.24) is 0 Å². The van der Waals surface area contributed by atoms with E-state index in [2.05, 4.69) is 11.2 Å². The normalized spacial score (nSPS) is 19.8. The Bertz CT molecular complexity index is 72.9. The maximum absolute atomic E-state index is 10.2. The molecule has 2 nitrogen and oxygen atoms in total. The van der Waals surface area contributed by atoms with Crippen LogP contribution in [0.4, 0.5) is 0 Å². The van der Waals surface area contributed by atoms with Crippen molar-refractivity contribution in [3.05, 3.63) is 6.66 Å². The zero-order valence-corrected chi connectivity index (χ0v) is 4.87. The molecule has 0 saturated heterocycles. The molecule has 0 saturated carbocycles. The third-order valence-electron chi connectivity index (χ3n) is 0.386. The monoisotopic (exact) mass is 107 g/mol. The van der Waals surface area contributed by atoms with Crippen molar-refractivity contribution in [3.8, 4) is 0 Å². The zero-order valence-electron chi connectivity index (χ0n) is 3.97. The molecule has 0 fully saturated rings. The Morgan fingerprint density at radius 1 is 1.83 bits per heavy atom. The first kappa shape index (κ1) is 6.19. The van der Waals surface area contributed by atoms with Crippen LogP contribution < -0.4 is 0 Å². The lowest BCUT2D eigenvalue weighted by Crippen LogP contribution is -1.71. The van der Waals surface area contributed by atoms with Gasteiger partial charge >= 0.3 is 0 Å². The molecule has 0 bridgehead atoms. The third kappa shape index (κ3) is 4.19. The van der Waals surface area contributed by atoms with Crippen molar-refractivity contribution in [2.75, 3.05) is 13.8 Å². The summed E-state index contributed by atoms with van der Waals surface area (Å²) in [5.74, 6) is 0. The minimum atomic E-state index is -2.40. The molecule has 0 spiro atoms. The minimum absolute atomic E-state index is 1.38. The highest BCUT2D eigenvalue weighted by atomic mass is 31.2. The topological polar surface area (TPSA) is 26.3 Å². The fourth-order valence-corrected chi connectivity index (χ4v) is 0. The van der Waals surface area contributed by atoms with E-state index in [-0.39, 0.29) is 0 Å². The van der Waals surface area contributed by atoms with Crippen LogP contribution in [0.15, 0.2) is 0 Å². The molecule has 0 aromatic carbocycles. The Kier molecular flexibility index (Phi) is 1.82. The molecule has 1 unspecified atom stereocenters. The van der Waals surface area contributed by atoms with Gasteiger partial charge in [-0.1, -0.05) is 0 Å². The standard InChI is InChI=1S/C3H8O2P/c1-5-6(2,3)4/h2H2,1,3H3/q-1. The highest BCUT2D eigenvalue weighted by Gasteiger charge is 1.88. The average Bonchev–Trinajstić information content (AvgIpc) is 1.35. The molecule has 0 radical (unpaired) electrons. The maximum Gasteiger partial charge on any atom is 0.0620 e. The zero-order chi connectivity index (χ0) is 5.21. The van der Waals surface area contributed by atoms with E-state index < -0.39 is 7.37 Å². The molecule has 0 aliphatic rings. The summed E-state index contributed by atoms with van der Waals surface area (Å²) >= 11 is 0. The van der Waals surface area contributed by atoms with Crippen LogP contribution in [-0.2, 0) is 9.09 Å². The molecule has 0 aliphatic carbocycles. The van der Waals surface area contributed by atoms with Crippen LogP contribution in [0.5, 0.6) is 0 Å². The first-order chi connectivity index (χ1) is 2.56. The van der Waals surface area contributed by atoms with Crippen molar-refractivity contribution < 1.29 is 9.09 Å². The lowest BCUT2D eigenvalue weighted by Gasteiger charge is -2.07. The summed E-state index contributed by atoms with van der Waals surface area (Å²) < 4.78 is 14.6. The second-order valence-electron chi connectivity index (χ2n) is 1.20. The summed E-state index contributed by atoms with van der Waals surface area (Å²) in [6, 6.07) is 0. The van der Waals surface area contributed by atoms with Crippen LogP contribution in [0.25, 0.3) is 0 Å². The predicted octanol–water partition coefficient (Wildman–Crippen LogP) is 1.33. The predicted molar refractivity (Wildman–Crippen MR) is 25.9 cm³/mol. The van der Waals surface area contributed by atoms with E-state index in [0.717, 1.165) is 0 Å². The van der Waals surface area contributed by atoms with E-state index >= 15 is 0 Å². The Morgan fingerprint density at radius 2 is 2.00 bits per heavy atom. The summed E-state index contributed by atoms with van der Waals surface area (Å²) in [6.07, 6.45) is 0. The number of rotatable bonds is 1. The lowest BCUT2D eigenvalue weighted by atomic mass is 11.8. The van der Waals surface area contributed by atoms with Gasteiger partial charge in [-0.15, -0.1) is 0 Å². The van der Waals surface area contributed by atoms with Crippen LogP contribution in [-0.4, -0.2) is 13.8 Å². The van der Waals surface area contributed by atoms with Crippen molar-refractivity contribution in [2.24, 2.45) is 0 Å². The van der Waals surface area contributed by atoms with Gasteiger partial charge in [0.25, 0.3) is 0 Å². The van der Waals surface area contributed by atoms with Crippen LogP contribution in [0.1, 0.15) is 0 Å². The highest BCUT2D eigenvalue weighted by Crippen LogP contribution is 2.37. The summed E-state index contributed by atoms with van der Waals surface area (Å²) in [4.78, 5) is 0. The molecule has 0 amide bonds. The molecule has 6 heavy (non-hydrogen) atoms. The van der Waals surface area contributed by atoms with Crippen molar-refractivity contribution >= 4 is 7.37 Å². The van der Waals surface area contributed by atoms with Crippen LogP contribution >= 0.6 is 7.37 Å². The van der Waals surface area contributed by atoms with Crippen molar-refractivity contribution in [3.63, 3.8) is 0 Å². The molecule has 0 N–H and O–H groups in total. The quantitative estimate of drug-likeness (QED) is 0.373. The Balaban J connectivity index is 3.48. The molecule has 1 atom stereocenters. The molecule has 0 rings (SSSR count). The largest absolute Gasteiger partial charge is 0.356 e. The smallest absolute Gasteiger partial charge is 0.0620 e. The second kappa shape index (κ2) is 1.76. The van der Waals surface area contributed by atoms with Crippen molar-refractivity contribution in [1.29, 1.82) is 0 Å². The van der Waals surface area contributed by atoms with Gasteiger partial charge in [-0.3, -0.25) is 6.66 Å². The first-order valence-electron chi connectivity index (χ1n) is 1.54. The molecule has 3 heteroatoms. The number of hydrogen-bond donors (Lipinski definition) is 0. The van der Waals surface area contributed by atoms with Gasteiger partial charge in [0.05, 0.1) is 7.37 Å². The van der Waals surface area contributed by atoms with Crippen LogP contribution in [0.2, 0.25) is 0 Å². The molecule has 0 aromatic rings. The number of hydrogen-bond acceptors (Lipinski definition) is 2. The van der Waals surface area contributed by atoms with Crippen LogP contribution in [0.3, 0.4) is 0 Å². The minimum Gasteiger partial charge on any atom is -0.356 e. The molecule has 38 valence electrons. The molecular formula is C3H8O2P-. The van der Waals surface area contributed by atoms with E-state index in [0.29, 0.717) is 0 Å². The van der Waals surface area contributed by atoms with E-state index in [1.54, 1.807) is 0 Å².